The van der Waals surface area contributed by atoms with Gasteiger partial charge in [-0.3, -0.25) is 38.4 Å². The second kappa shape index (κ2) is 43.4. The maximum absolute atomic E-state index is 14.9. The molecule has 27 heteroatoms. The fourth-order valence-electron chi connectivity index (χ4n) is 12.4. The molecule has 0 unspecified atom stereocenters. The lowest BCUT2D eigenvalue weighted by Gasteiger charge is -2.41. The summed E-state index contributed by atoms with van der Waals surface area (Å²) in [6, 6.07) is 10.6. The minimum absolute atomic E-state index is 0.0788. The van der Waals surface area contributed by atoms with Crippen molar-refractivity contribution in [3.63, 3.8) is 0 Å². The number of urea groups is 1. The highest BCUT2D eigenvalue weighted by Gasteiger charge is 2.44. The number of aliphatic carboxylic acids is 1. The molecule has 97 heavy (non-hydrogen) atoms. The number of ketones is 4. The van der Waals surface area contributed by atoms with Gasteiger partial charge in [-0.2, -0.15) is 0 Å². The van der Waals surface area contributed by atoms with Crippen molar-refractivity contribution < 1.29 is 81.5 Å². The Kier molecular flexibility index (Phi) is 37.3. The summed E-state index contributed by atoms with van der Waals surface area (Å²) in [7, 11) is 6.07. The highest BCUT2D eigenvalue weighted by molar-refractivity contribution is 5.94. The first-order valence-electron chi connectivity index (χ1n) is 33.8. The summed E-state index contributed by atoms with van der Waals surface area (Å²) >= 11 is 0. The standard InChI is InChI=1S/C70H108N10O17/c1-14-46(8)63(60(93-12)39-61(85)80-32-19-25-57(80)64(94-13)47(9)65(86)76-56(68(89)90)35-48-21-16-15-17-22-48)78(10)67(88)54(44(4)5)38-59(84)62(45(6)7)79(11)70(92)97-40-50-28-26-49(27-29-50)36-58(83)55(24-18-30-73-69(71)91)75-66(87)53(43(2)3)37-52(82)42-96-41-51(81)23-20-33-95-34-31-74-77-72/h15-17,21-22,26-29,43-47,53-57,60,62-64H,14,18-20,23-25,30-42H2,1-13H3,(H,75,87)(H,76,86)(H,89,90)(H3,71,73,91)/t46-,47+,53-,54-,55-,56-,57-,60+,62-,63-,64+/m0/s1. The molecule has 6 N–H and O–H groups in total. The number of nitrogens with two attached hydrogens (primary N) is 1. The van der Waals surface area contributed by atoms with E-state index < -0.39 is 108 Å². The number of carbonyl (C=O) groups excluding carboxylic acids is 10. The number of ether oxygens (including phenoxy) is 5. The molecule has 1 saturated heterocycles. The van der Waals surface area contributed by atoms with E-state index in [9.17, 15) is 57.8 Å². The number of amides is 7. The number of hydrogen-bond donors (Lipinski definition) is 5. The molecular weight excluding hydrogens is 1250 g/mol. The molecule has 0 spiro atoms. The number of rotatable bonds is 47. The van der Waals surface area contributed by atoms with Crippen LogP contribution >= 0.6 is 0 Å². The minimum atomic E-state index is -1.19. The first-order chi connectivity index (χ1) is 46.0. The number of nitrogens with zero attached hydrogens (tertiary/aromatic N) is 6. The van der Waals surface area contributed by atoms with Crippen LogP contribution in [0.2, 0.25) is 0 Å². The Hall–Kier alpha value is -7.84. The summed E-state index contributed by atoms with van der Waals surface area (Å²) in [5, 5.41) is 21.4. The van der Waals surface area contributed by atoms with Crippen molar-refractivity contribution >= 4 is 64.9 Å². The van der Waals surface area contributed by atoms with Gasteiger partial charge in [0, 0.05) is 103 Å². The lowest BCUT2D eigenvalue weighted by molar-refractivity contribution is -0.149. The number of methoxy groups -OCH3 is 2. The molecular formula is C70H108N10O17. The van der Waals surface area contributed by atoms with Crippen LogP contribution in [0.15, 0.2) is 59.7 Å². The molecule has 27 nitrogen and oxygen atoms in total. The largest absolute Gasteiger partial charge is 0.480 e. The van der Waals surface area contributed by atoms with Crippen LogP contribution in [0.3, 0.4) is 0 Å². The van der Waals surface area contributed by atoms with E-state index in [2.05, 4.69) is 26.0 Å². The minimum Gasteiger partial charge on any atom is -0.480 e. The van der Waals surface area contributed by atoms with Crippen LogP contribution in [0.4, 0.5) is 9.59 Å². The van der Waals surface area contributed by atoms with E-state index in [0.29, 0.717) is 43.4 Å². The molecule has 7 amide bonds. The summed E-state index contributed by atoms with van der Waals surface area (Å²) in [4.78, 5) is 155. The van der Waals surface area contributed by atoms with Crippen molar-refractivity contribution in [1.29, 1.82) is 0 Å². The van der Waals surface area contributed by atoms with Crippen molar-refractivity contribution in [2.24, 2.45) is 52.3 Å². The third kappa shape index (κ3) is 27.9. The molecule has 2 aromatic rings. The number of carboxylic acids is 1. The first kappa shape index (κ1) is 83.4. The predicted octanol–water partition coefficient (Wildman–Crippen LogP) is 7.21. The number of likely N-dealkylation sites (N-methyl/N-ethyl adjacent to an activating group) is 2. The zero-order chi connectivity index (χ0) is 72.5. The number of likely N-dealkylation sites (tertiary alicyclic amines) is 1. The Morgan fingerprint density at radius 3 is 1.96 bits per heavy atom. The molecule has 0 saturated carbocycles. The second-order valence-electron chi connectivity index (χ2n) is 26.3. The van der Waals surface area contributed by atoms with Gasteiger partial charge in [-0.15, -0.1) is 0 Å². The third-order valence-electron chi connectivity index (χ3n) is 18.1. The fourth-order valence-corrected chi connectivity index (χ4v) is 12.4. The highest BCUT2D eigenvalue weighted by Crippen LogP contribution is 2.32. The molecule has 3 rings (SSSR count). The summed E-state index contributed by atoms with van der Waals surface area (Å²) in [5.41, 5.74) is 15.5. The van der Waals surface area contributed by atoms with E-state index in [0.717, 1.165) is 5.56 Å². The first-order valence-corrected chi connectivity index (χ1v) is 33.8. The number of nitrogens with one attached hydrogen (secondary N) is 3. The molecule has 1 aliphatic heterocycles. The molecule has 2 aromatic carbocycles. The van der Waals surface area contributed by atoms with Gasteiger partial charge in [-0.1, -0.05) is 128 Å². The van der Waals surface area contributed by atoms with Crippen LogP contribution in [-0.2, 0) is 86.3 Å². The molecule has 0 aromatic heterocycles. The number of carbonyl (C=O) groups is 11. The average Bonchev–Trinajstić information content (AvgIpc) is 1.80. The van der Waals surface area contributed by atoms with Gasteiger partial charge in [0.05, 0.1) is 55.3 Å². The zero-order valence-electron chi connectivity index (χ0n) is 59.2. The van der Waals surface area contributed by atoms with Crippen LogP contribution in [-0.4, -0.2) is 201 Å². The van der Waals surface area contributed by atoms with Crippen LogP contribution in [0.1, 0.15) is 143 Å². The van der Waals surface area contributed by atoms with Crippen molar-refractivity contribution in [2.75, 3.05) is 74.4 Å². The monoisotopic (exact) mass is 1360 g/mol. The SMILES string of the molecule is CC[C@H](C)[C@@H]([C@@H](CC(=O)N1CCC[C@H]1[C@H](OC)[C@@H](C)C(=O)N[C@@H](Cc1ccccc1)C(=O)O)OC)N(C)C(=O)[C@@H](CC(=O)[C@H](C(C)C)N(C)C(=O)OCc1ccc(CC(=O)[C@H](CCCNC(N)=O)NC(=O)[C@@H](CC(=O)COCC(=O)CCCOCCN=[N+]=[N-])C(C)C)cc1)C(C)C. The van der Waals surface area contributed by atoms with Gasteiger partial charge in [-0.05, 0) is 78.0 Å². The number of azide groups is 1. The van der Waals surface area contributed by atoms with E-state index in [-0.39, 0.29) is 138 Å². The van der Waals surface area contributed by atoms with E-state index in [4.69, 9.17) is 34.9 Å². The molecule has 1 heterocycles. The number of hydrogen-bond acceptors (Lipinski definition) is 17. The van der Waals surface area contributed by atoms with E-state index in [1.165, 1.54) is 26.2 Å². The predicted molar refractivity (Wildman–Crippen MR) is 362 cm³/mol. The van der Waals surface area contributed by atoms with Gasteiger partial charge in [0.25, 0.3) is 0 Å². The third-order valence-corrected chi connectivity index (χ3v) is 18.1. The quantitative estimate of drug-likeness (QED) is 0.0189. The van der Waals surface area contributed by atoms with Gasteiger partial charge in [0.15, 0.2) is 23.1 Å². The normalized spacial score (nSPS) is 16.1. The summed E-state index contributed by atoms with van der Waals surface area (Å²) in [6.07, 6.45) is -0.127. The molecule has 540 valence electrons. The Balaban J connectivity index is 1.68. The number of Topliss-reactive ketones (excluding diaryl/α,β-unsaturated/α-hetero) is 4. The van der Waals surface area contributed by atoms with Crippen molar-refractivity contribution in [3.8, 4) is 0 Å². The van der Waals surface area contributed by atoms with Gasteiger partial charge < -0.3 is 65.2 Å². The van der Waals surface area contributed by atoms with Gasteiger partial charge in [0.2, 0.25) is 23.6 Å². The molecule has 0 bridgehead atoms. The second-order valence-corrected chi connectivity index (χ2v) is 26.3. The van der Waals surface area contributed by atoms with Gasteiger partial charge in [0.1, 0.15) is 25.9 Å². The number of primary amides is 1. The topological polar surface area (TPSA) is 375 Å². The Morgan fingerprint density at radius 1 is 0.732 bits per heavy atom. The van der Waals surface area contributed by atoms with Crippen LogP contribution in [0.25, 0.3) is 10.4 Å². The molecule has 1 fully saturated rings. The molecule has 0 aliphatic carbocycles. The number of benzene rings is 2. The van der Waals surface area contributed by atoms with Crippen LogP contribution < -0.4 is 21.7 Å². The lowest BCUT2D eigenvalue weighted by atomic mass is 9.83. The van der Waals surface area contributed by atoms with E-state index >= 15 is 0 Å². The van der Waals surface area contributed by atoms with Crippen molar-refractivity contribution in [3.05, 3.63) is 81.7 Å². The van der Waals surface area contributed by atoms with E-state index in [1.54, 1.807) is 100.0 Å². The molecule has 11 atom stereocenters. The van der Waals surface area contributed by atoms with Crippen LogP contribution in [0, 0.1) is 41.4 Å². The van der Waals surface area contributed by atoms with E-state index in [1.807, 2.05) is 33.8 Å². The van der Waals surface area contributed by atoms with Crippen molar-refractivity contribution in [2.45, 2.75) is 188 Å². The van der Waals surface area contributed by atoms with Crippen molar-refractivity contribution in [1.82, 2.24) is 30.7 Å². The Morgan fingerprint density at radius 2 is 1.37 bits per heavy atom. The fraction of sp³-hybridized carbons (Fsp3) is 0.671. The lowest BCUT2D eigenvalue weighted by Crippen LogP contribution is -2.55. The Bertz CT molecular complexity index is 2930. The summed E-state index contributed by atoms with van der Waals surface area (Å²) < 4.78 is 28.4. The maximum Gasteiger partial charge on any atom is 0.410 e. The number of carboxylic acid groups (broad SMARTS) is 1. The molecule has 1 aliphatic rings. The van der Waals surface area contributed by atoms with Gasteiger partial charge >= 0.3 is 18.1 Å². The smallest absolute Gasteiger partial charge is 0.410 e. The zero-order valence-corrected chi connectivity index (χ0v) is 59.2. The molecule has 0 radical (unpaired) electrons. The van der Waals surface area contributed by atoms with Gasteiger partial charge in [-0.25, -0.2) is 14.4 Å². The maximum atomic E-state index is 14.9. The Labute approximate surface area is 571 Å². The summed E-state index contributed by atoms with van der Waals surface area (Å²) in [6.45, 7) is 16.8. The highest BCUT2D eigenvalue weighted by atomic mass is 16.6. The average molecular weight is 1360 g/mol. The van der Waals surface area contributed by atoms with Crippen LogP contribution in [0.5, 0.6) is 0 Å². The summed E-state index contributed by atoms with van der Waals surface area (Å²) in [5.74, 6) is -7.91.